The summed E-state index contributed by atoms with van der Waals surface area (Å²) in [5, 5.41) is 9.15. The summed E-state index contributed by atoms with van der Waals surface area (Å²) >= 11 is 0.688. The predicted octanol–water partition coefficient (Wildman–Crippen LogP) is 6.86. The van der Waals surface area contributed by atoms with Gasteiger partial charge in [0.2, 0.25) is 0 Å². The number of aromatic nitrogens is 2. The number of nitriles is 1. The molecule has 2 aliphatic heterocycles. The number of piperazine rings is 1. The fraction of sp³-hybridized carbons (Fsp3) is 0.400. The summed E-state index contributed by atoms with van der Waals surface area (Å²) in [5.41, 5.74) is 1.85. The van der Waals surface area contributed by atoms with Gasteiger partial charge >= 0.3 is 18.3 Å². The highest BCUT2D eigenvalue weighted by molar-refractivity contribution is 7.23. The Bertz CT molecular complexity index is 1900. The van der Waals surface area contributed by atoms with Crippen molar-refractivity contribution in [2.45, 2.75) is 57.5 Å². The van der Waals surface area contributed by atoms with Crippen molar-refractivity contribution in [1.29, 1.82) is 5.26 Å². The number of hydrogen-bond acceptors (Lipinski definition) is 9. The zero-order valence-corrected chi connectivity index (χ0v) is 25.4. The van der Waals surface area contributed by atoms with Gasteiger partial charge in [0.15, 0.2) is 5.82 Å². The third-order valence-corrected chi connectivity index (χ3v) is 8.99. The summed E-state index contributed by atoms with van der Waals surface area (Å²) in [4.78, 5) is 24.8. The Morgan fingerprint density at radius 1 is 1.13 bits per heavy atom. The maximum absolute atomic E-state index is 16.6. The average molecular weight is 647 g/mol. The molecule has 2 aliphatic rings. The fourth-order valence-electron chi connectivity index (χ4n) is 6.21. The topological polar surface area (TPSA) is 118 Å². The first-order valence-corrected chi connectivity index (χ1v) is 14.8. The van der Waals surface area contributed by atoms with Crippen LogP contribution >= 0.6 is 11.3 Å². The molecule has 0 aliphatic carbocycles. The first-order valence-electron chi connectivity index (χ1n) is 14.0. The van der Waals surface area contributed by atoms with Gasteiger partial charge in [-0.15, -0.1) is 11.3 Å². The zero-order valence-electron chi connectivity index (χ0n) is 24.6. The van der Waals surface area contributed by atoms with Crippen LogP contribution in [0.1, 0.15) is 44.7 Å². The number of nitrogens with two attached hydrogens (primary N) is 1. The number of ether oxygens (including phenoxy) is 2. The van der Waals surface area contributed by atoms with E-state index in [4.69, 9.17) is 15.2 Å². The molecule has 2 unspecified atom stereocenters. The SMILES string of the molecule is COc1nc(N2CC3CCC(C2)N3C(=O)OC(C)(C)C)c2cc(C(F)(F)F)c(-c3ccc(F)c4sc(N)c(C#N)c34)c(F)c2n1. The second-order valence-electron chi connectivity index (χ2n) is 12.0. The van der Waals surface area contributed by atoms with Gasteiger partial charge in [-0.3, -0.25) is 4.90 Å². The lowest BCUT2D eigenvalue weighted by molar-refractivity contribution is -0.137. The molecule has 2 atom stereocenters. The highest BCUT2D eigenvalue weighted by atomic mass is 32.1. The van der Waals surface area contributed by atoms with E-state index in [0.717, 1.165) is 18.2 Å². The average Bonchev–Trinajstić information content (AvgIpc) is 3.44. The number of carbonyl (C=O) groups is 1. The second-order valence-corrected chi connectivity index (χ2v) is 13.0. The Hall–Kier alpha value is -4.45. The molecule has 15 heteroatoms. The number of fused-ring (bicyclic) bond motifs is 4. The smallest absolute Gasteiger partial charge is 0.417 e. The third-order valence-electron chi connectivity index (χ3n) is 7.96. The van der Waals surface area contributed by atoms with Gasteiger partial charge in [0.05, 0.1) is 35.0 Å². The zero-order chi connectivity index (χ0) is 32.6. The molecule has 4 aromatic rings. The van der Waals surface area contributed by atoms with Crippen LogP contribution in [-0.2, 0) is 10.9 Å². The van der Waals surface area contributed by atoms with E-state index in [1.807, 2.05) is 0 Å². The van der Waals surface area contributed by atoms with Crippen molar-refractivity contribution >= 4 is 49.2 Å². The highest BCUT2D eigenvalue weighted by Crippen LogP contribution is 2.48. The van der Waals surface area contributed by atoms with Crippen molar-refractivity contribution in [3.8, 4) is 23.2 Å². The number of anilines is 2. The minimum Gasteiger partial charge on any atom is -0.467 e. The maximum Gasteiger partial charge on any atom is 0.417 e. The number of amides is 1. The largest absolute Gasteiger partial charge is 0.467 e. The first kappa shape index (κ1) is 30.6. The number of alkyl halides is 3. The molecule has 0 spiro atoms. The van der Waals surface area contributed by atoms with Crippen LogP contribution in [0.25, 0.3) is 32.1 Å². The summed E-state index contributed by atoms with van der Waals surface area (Å²) in [6.45, 7) is 5.68. The van der Waals surface area contributed by atoms with E-state index in [9.17, 15) is 27.6 Å². The summed E-state index contributed by atoms with van der Waals surface area (Å²) in [6.07, 6.45) is -4.28. The quantitative estimate of drug-likeness (QED) is 0.240. The predicted molar refractivity (Wildman–Crippen MR) is 158 cm³/mol. The van der Waals surface area contributed by atoms with Crippen LogP contribution in [0.15, 0.2) is 18.2 Å². The Balaban J connectivity index is 1.55. The van der Waals surface area contributed by atoms with Crippen molar-refractivity contribution in [1.82, 2.24) is 14.9 Å². The molecule has 2 N–H and O–H groups in total. The van der Waals surface area contributed by atoms with Gasteiger partial charge in [-0.05, 0) is 51.3 Å². The van der Waals surface area contributed by atoms with Gasteiger partial charge in [0.1, 0.15) is 33.8 Å². The molecule has 4 heterocycles. The van der Waals surface area contributed by atoms with Gasteiger partial charge in [-0.1, -0.05) is 6.07 Å². The molecule has 9 nitrogen and oxygen atoms in total. The van der Waals surface area contributed by atoms with Gasteiger partial charge in [0, 0.05) is 29.4 Å². The van der Waals surface area contributed by atoms with Crippen LogP contribution in [0, 0.1) is 23.0 Å². The van der Waals surface area contributed by atoms with Gasteiger partial charge < -0.3 is 20.1 Å². The Morgan fingerprint density at radius 2 is 1.80 bits per heavy atom. The molecule has 2 fully saturated rings. The number of thiophene rings is 1. The summed E-state index contributed by atoms with van der Waals surface area (Å²) in [7, 11) is 1.24. The van der Waals surface area contributed by atoms with E-state index in [1.54, 1.807) is 36.6 Å². The number of hydrogen-bond donors (Lipinski definition) is 1. The van der Waals surface area contributed by atoms with Crippen molar-refractivity contribution in [2.75, 3.05) is 30.8 Å². The minimum absolute atomic E-state index is 0.00952. The van der Waals surface area contributed by atoms with Gasteiger partial charge in [-0.2, -0.15) is 28.4 Å². The summed E-state index contributed by atoms with van der Waals surface area (Å²) < 4.78 is 86.3. The summed E-state index contributed by atoms with van der Waals surface area (Å²) in [6, 6.07) is 3.55. The number of benzene rings is 2. The number of halogens is 5. The van der Waals surface area contributed by atoms with E-state index < -0.39 is 46.1 Å². The van der Waals surface area contributed by atoms with E-state index >= 15 is 4.39 Å². The van der Waals surface area contributed by atoms with E-state index in [-0.39, 0.29) is 68.6 Å². The molecular formula is C30H27F5N6O3S. The second kappa shape index (κ2) is 10.6. The molecule has 6 rings (SSSR count). The summed E-state index contributed by atoms with van der Waals surface area (Å²) in [5.74, 6) is -2.15. The van der Waals surface area contributed by atoms with E-state index in [1.165, 1.54) is 7.11 Å². The monoisotopic (exact) mass is 646 g/mol. The van der Waals surface area contributed by atoms with Crippen LogP contribution in [0.5, 0.6) is 6.01 Å². The fourth-order valence-corrected chi connectivity index (χ4v) is 7.16. The van der Waals surface area contributed by atoms with Crippen molar-refractivity contribution < 1.29 is 36.2 Å². The van der Waals surface area contributed by atoms with E-state index in [0.29, 0.717) is 24.2 Å². The molecule has 0 radical (unpaired) electrons. The molecule has 2 saturated heterocycles. The number of nitrogens with zero attached hydrogens (tertiary/aromatic N) is 5. The molecule has 2 aromatic carbocycles. The minimum atomic E-state index is -5.08. The Kier molecular flexibility index (Phi) is 7.18. The number of carbonyl (C=O) groups excluding carboxylic acids is 1. The van der Waals surface area contributed by atoms with E-state index in [2.05, 4.69) is 9.97 Å². The standard InChI is InChI=1S/C30H27F5N6O3S/c1-29(2,3)44-28(42)41-13-5-6-14(41)12-40(11-13)26-16-9-18(30(33,34)35)21(22(32)23(16)38-27(39-26)43-4)15-7-8-19(31)24-20(15)17(10-36)25(37)45-24/h7-9,13-14H,5-6,11-12,37H2,1-4H3. The molecular weight excluding hydrogens is 619 g/mol. The van der Waals surface area contributed by atoms with Crippen LogP contribution < -0.4 is 15.4 Å². The molecule has 2 bridgehead atoms. The maximum atomic E-state index is 16.6. The van der Waals surface area contributed by atoms with Crippen LogP contribution in [0.4, 0.5) is 37.6 Å². The molecule has 2 aromatic heterocycles. The number of rotatable bonds is 3. The van der Waals surface area contributed by atoms with Crippen LogP contribution in [0.3, 0.4) is 0 Å². The van der Waals surface area contributed by atoms with Crippen LogP contribution in [0.2, 0.25) is 0 Å². The highest BCUT2D eigenvalue weighted by Gasteiger charge is 2.45. The molecule has 45 heavy (non-hydrogen) atoms. The van der Waals surface area contributed by atoms with Crippen molar-refractivity contribution in [2.24, 2.45) is 0 Å². The first-order chi connectivity index (χ1) is 21.1. The molecule has 1 amide bonds. The lowest BCUT2D eigenvalue weighted by atomic mass is 9.92. The van der Waals surface area contributed by atoms with Gasteiger partial charge in [-0.25, -0.2) is 13.6 Å². The lowest BCUT2D eigenvalue weighted by Gasteiger charge is -2.42. The Labute approximate surface area is 257 Å². The van der Waals surface area contributed by atoms with Crippen molar-refractivity contribution in [3.63, 3.8) is 0 Å². The number of methoxy groups -OCH3 is 1. The third kappa shape index (κ3) is 5.10. The number of nitrogen functional groups attached to an aromatic ring is 1. The van der Waals surface area contributed by atoms with Gasteiger partial charge in [0.25, 0.3) is 0 Å². The van der Waals surface area contributed by atoms with Crippen LogP contribution in [-0.4, -0.2) is 58.8 Å². The Morgan fingerprint density at radius 3 is 2.38 bits per heavy atom. The van der Waals surface area contributed by atoms with Crippen molar-refractivity contribution in [3.05, 3.63) is 41.0 Å². The lowest BCUT2D eigenvalue weighted by Crippen LogP contribution is -2.57. The molecule has 236 valence electrons. The molecule has 0 saturated carbocycles. The normalized spacial score (nSPS) is 18.5.